The van der Waals surface area contributed by atoms with E-state index in [2.05, 4.69) is 10.3 Å². The maximum absolute atomic E-state index is 11.6. The van der Waals surface area contributed by atoms with Gasteiger partial charge in [0.05, 0.1) is 11.7 Å². The number of nitrogens with zero attached hydrogens (tertiary/aromatic N) is 2. The third kappa shape index (κ3) is 4.09. The number of carbonyl (C=O) groups is 1. The van der Waals surface area contributed by atoms with E-state index >= 15 is 0 Å². The highest BCUT2D eigenvalue weighted by Crippen LogP contribution is 2.13. The molecule has 5 nitrogen and oxygen atoms in total. The standard InChI is InChI=1S/C12H21N3O2/c1-8-7-15(6)10(13-8)9(2)14-11(16)17-12(3,4)5/h7,9H,1-6H3,(H,14,16)/t9-/m0/s1. The summed E-state index contributed by atoms with van der Waals surface area (Å²) in [5.74, 6) is 0.813. The summed E-state index contributed by atoms with van der Waals surface area (Å²) in [7, 11) is 1.91. The Bertz CT molecular complexity index is 404. The monoisotopic (exact) mass is 239 g/mol. The molecular formula is C12H21N3O2. The lowest BCUT2D eigenvalue weighted by Crippen LogP contribution is -2.34. The number of ether oxygens (including phenoxy) is 1. The zero-order valence-corrected chi connectivity index (χ0v) is 11.4. The molecule has 1 heterocycles. The molecule has 1 N–H and O–H groups in total. The highest BCUT2D eigenvalue weighted by molar-refractivity contribution is 5.68. The molecule has 0 aliphatic rings. The van der Waals surface area contributed by atoms with Crippen LogP contribution in [0.1, 0.15) is 45.3 Å². The van der Waals surface area contributed by atoms with Crippen LogP contribution >= 0.6 is 0 Å². The predicted molar refractivity (Wildman–Crippen MR) is 65.7 cm³/mol. The van der Waals surface area contributed by atoms with Gasteiger partial charge in [0.2, 0.25) is 0 Å². The summed E-state index contributed by atoms with van der Waals surface area (Å²) >= 11 is 0. The maximum Gasteiger partial charge on any atom is 0.408 e. The van der Waals surface area contributed by atoms with Crippen molar-refractivity contribution in [3.05, 3.63) is 17.7 Å². The summed E-state index contributed by atoms with van der Waals surface area (Å²) in [6.07, 6.45) is 1.49. The molecule has 0 spiro atoms. The Balaban J connectivity index is 2.64. The Hall–Kier alpha value is -1.52. The van der Waals surface area contributed by atoms with Gasteiger partial charge in [-0.2, -0.15) is 0 Å². The molecule has 1 aromatic heterocycles. The zero-order chi connectivity index (χ0) is 13.2. The van der Waals surface area contributed by atoms with Gasteiger partial charge in [0.15, 0.2) is 0 Å². The van der Waals surface area contributed by atoms with Crippen LogP contribution in [0, 0.1) is 6.92 Å². The van der Waals surface area contributed by atoms with Gasteiger partial charge in [0.25, 0.3) is 0 Å². The van der Waals surface area contributed by atoms with Crippen molar-refractivity contribution in [3.63, 3.8) is 0 Å². The molecule has 0 unspecified atom stereocenters. The van der Waals surface area contributed by atoms with Crippen LogP contribution in [-0.4, -0.2) is 21.2 Å². The van der Waals surface area contributed by atoms with Crippen molar-refractivity contribution in [2.75, 3.05) is 0 Å². The van der Waals surface area contributed by atoms with Gasteiger partial charge in [0.1, 0.15) is 11.4 Å². The van der Waals surface area contributed by atoms with Gasteiger partial charge in [-0.1, -0.05) is 0 Å². The van der Waals surface area contributed by atoms with E-state index < -0.39 is 11.7 Å². The van der Waals surface area contributed by atoms with E-state index in [9.17, 15) is 4.79 Å². The SMILES string of the molecule is Cc1cn(C)c([C@H](C)NC(=O)OC(C)(C)C)n1. The van der Waals surface area contributed by atoms with Gasteiger partial charge in [-0.25, -0.2) is 9.78 Å². The van der Waals surface area contributed by atoms with E-state index in [0.29, 0.717) is 0 Å². The number of hydrogen-bond donors (Lipinski definition) is 1. The third-order valence-corrected chi connectivity index (χ3v) is 2.15. The fourth-order valence-electron chi connectivity index (χ4n) is 1.59. The molecule has 1 aromatic rings. The number of carbonyl (C=O) groups excluding carboxylic acids is 1. The van der Waals surface area contributed by atoms with Crippen molar-refractivity contribution in [1.29, 1.82) is 0 Å². The number of nitrogens with one attached hydrogen (secondary N) is 1. The summed E-state index contributed by atoms with van der Waals surface area (Å²) in [5.41, 5.74) is 0.446. The van der Waals surface area contributed by atoms with Crippen molar-refractivity contribution in [3.8, 4) is 0 Å². The van der Waals surface area contributed by atoms with Crippen LogP contribution in [0.4, 0.5) is 4.79 Å². The first kappa shape index (κ1) is 13.5. The number of rotatable bonds is 2. The summed E-state index contributed by atoms with van der Waals surface area (Å²) in [5, 5.41) is 2.76. The molecule has 1 rings (SSSR count). The second kappa shape index (κ2) is 4.77. The van der Waals surface area contributed by atoms with Crippen LogP contribution in [-0.2, 0) is 11.8 Å². The van der Waals surface area contributed by atoms with E-state index in [1.54, 1.807) is 0 Å². The maximum atomic E-state index is 11.6. The smallest absolute Gasteiger partial charge is 0.408 e. The van der Waals surface area contributed by atoms with Crippen molar-refractivity contribution in [2.24, 2.45) is 7.05 Å². The Kier molecular flexibility index (Phi) is 3.80. The van der Waals surface area contributed by atoms with Gasteiger partial charge >= 0.3 is 6.09 Å². The summed E-state index contributed by atoms with van der Waals surface area (Å²) in [6, 6.07) is -0.177. The predicted octanol–water partition coefficient (Wildman–Crippen LogP) is 2.31. The number of amides is 1. The van der Waals surface area contributed by atoms with E-state index in [-0.39, 0.29) is 6.04 Å². The highest BCUT2D eigenvalue weighted by Gasteiger charge is 2.20. The number of aromatic nitrogens is 2. The Morgan fingerprint density at radius 3 is 2.53 bits per heavy atom. The second-order valence-electron chi connectivity index (χ2n) is 5.22. The highest BCUT2D eigenvalue weighted by atomic mass is 16.6. The number of hydrogen-bond acceptors (Lipinski definition) is 3. The lowest BCUT2D eigenvalue weighted by Gasteiger charge is -2.21. The first-order valence-corrected chi connectivity index (χ1v) is 5.68. The Labute approximate surface area is 102 Å². The van der Waals surface area contributed by atoms with Crippen LogP contribution in [0.3, 0.4) is 0 Å². The fourth-order valence-corrected chi connectivity index (χ4v) is 1.59. The Morgan fingerprint density at radius 1 is 1.53 bits per heavy atom. The van der Waals surface area contributed by atoms with Crippen LogP contribution in [0.25, 0.3) is 0 Å². The van der Waals surface area contributed by atoms with Crippen molar-refractivity contribution in [2.45, 2.75) is 46.3 Å². The molecule has 96 valence electrons. The summed E-state index contributed by atoms with van der Waals surface area (Å²) < 4.78 is 7.09. The molecule has 0 aromatic carbocycles. The van der Waals surface area contributed by atoms with Crippen LogP contribution in [0.15, 0.2) is 6.20 Å². The van der Waals surface area contributed by atoms with Gasteiger partial charge in [-0.15, -0.1) is 0 Å². The lowest BCUT2D eigenvalue weighted by molar-refractivity contribution is 0.0505. The number of aryl methyl sites for hydroxylation is 2. The summed E-state index contributed by atoms with van der Waals surface area (Å²) in [4.78, 5) is 15.9. The minimum absolute atomic E-state index is 0.177. The fraction of sp³-hybridized carbons (Fsp3) is 0.667. The second-order valence-corrected chi connectivity index (χ2v) is 5.22. The third-order valence-electron chi connectivity index (χ3n) is 2.15. The normalized spacial score (nSPS) is 13.3. The molecule has 0 fully saturated rings. The first-order valence-electron chi connectivity index (χ1n) is 5.68. The van der Waals surface area contributed by atoms with Crippen molar-refractivity contribution < 1.29 is 9.53 Å². The quantitative estimate of drug-likeness (QED) is 0.861. The van der Waals surface area contributed by atoms with E-state index in [1.165, 1.54) is 0 Å². The Morgan fingerprint density at radius 2 is 2.12 bits per heavy atom. The molecule has 5 heteroatoms. The molecule has 0 radical (unpaired) electrons. The van der Waals surface area contributed by atoms with E-state index in [1.807, 2.05) is 52.4 Å². The van der Waals surface area contributed by atoms with Crippen LogP contribution in [0.5, 0.6) is 0 Å². The minimum Gasteiger partial charge on any atom is -0.444 e. The van der Waals surface area contributed by atoms with Gasteiger partial charge in [0, 0.05) is 13.2 Å². The lowest BCUT2D eigenvalue weighted by atomic mass is 10.2. The molecule has 1 amide bonds. The van der Waals surface area contributed by atoms with Gasteiger partial charge < -0.3 is 14.6 Å². The first-order chi connectivity index (χ1) is 7.69. The average Bonchev–Trinajstić information content (AvgIpc) is 2.41. The van der Waals surface area contributed by atoms with Crippen LogP contribution in [0.2, 0.25) is 0 Å². The minimum atomic E-state index is -0.485. The molecule has 1 atom stereocenters. The zero-order valence-electron chi connectivity index (χ0n) is 11.4. The topological polar surface area (TPSA) is 56.2 Å². The molecule has 0 aliphatic heterocycles. The largest absolute Gasteiger partial charge is 0.444 e. The average molecular weight is 239 g/mol. The number of alkyl carbamates (subject to hydrolysis) is 1. The summed E-state index contributed by atoms with van der Waals surface area (Å²) in [6.45, 7) is 9.31. The molecule has 0 aliphatic carbocycles. The van der Waals surface area contributed by atoms with Crippen molar-refractivity contribution in [1.82, 2.24) is 14.9 Å². The molecule has 0 saturated heterocycles. The van der Waals surface area contributed by atoms with E-state index in [0.717, 1.165) is 11.5 Å². The van der Waals surface area contributed by atoms with Gasteiger partial charge in [-0.05, 0) is 34.6 Å². The van der Waals surface area contributed by atoms with E-state index in [4.69, 9.17) is 4.74 Å². The van der Waals surface area contributed by atoms with Gasteiger partial charge in [-0.3, -0.25) is 0 Å². The van der Waals surface area contributed by atoms with Crippen molar-refractivity contribution >= 4 is 6.09 Å². The number of imidazole rings is 1. The van der Waals surface area contributed by atoms with Crippen LogP contribution < -0.4 is 5.32 Å². The molecule has 17 heavy (non-hydrogen) atoms. The molecule has 0 saturated carbocycles. The molecule has 0 bridgehead atoms. The molecular weight excluding hydrogens is 218 g/mol.